The summed E-state index contributed by atoms with van der Waals surface area (Å²) in [5.41, 5.74) is -3.44. The predicted octanol–water partition coefficient (Wildman–Crippen LogP) is 4.09. The van der Waals surface area contributed by atoms with E-state index in [-0.39, 0.29) is 5.56 Å². The van der Waals surface area contributed by atoms with Gasteiger partial charge >= 0.3 is 6.18 Å². The van der Waals surface area contributed by atoms with Crippen molar-refractivity contribution in [1.82, 2.24) is 0 Å². The Labute approximate surface area is 81.5 Å². The van der Waals surface area contributed by atoms with Crippen LogP contribution in [0.15, 0.2) is 12.1 Å². The monoisotopic (exact) mass is 228 g/mol. The van der Waals surface area contributed by atoms with Gasteiger partial charge in [0.2, 0.25) is 0 Å². The molecular weight excluding hydrogens is 222 g/mol. The van der Waals surface area contributed by atoms with Crippen LogP contribution in [-0.4, -0.2) is 0 Å². The van der Waals surface area contributed by atoms with Crippen LogP contribution in [0.25, 0.3) is 0 Å². The van der Waals surface area contributed by atoms with Gasteiger partial charge in [0.1, 0.15) is 5.82 Å². The minimum Gasteiger partial charge on any atom is -0.206 e. The third-order valence-electron chi connectivity index (χ3n) is 1.90. The van der Waals surface area contributed by atoms with Gasteiger partial charge in [0.05, 0.1) is 11.1 Å². The molecule has 0 aliphatic carbocycles. The largest absolute Gasteiger partial charge is 0.416 e. The van der Waals surface area contributed by atoms with Gasteiger partial charge in [-0.05, 0) is 18.6 Å². The summed E-state index contributed by atoms with van der Waals surface area (Å²) in [6.07, 6.45) is -8.46. The smallest absolute Gasteiger partial charge is 0.206 e. The van der Waals surface area contributed by atoms with E-state index in [9.17, 15) is 26.3 Å². The molecule has 15 heavy (non-hydrogen) atoms. The molecule has 0 radical (unpaired) electrons. The third-order valence-corrected chi connectivity index (χ3v) is 1.90. The quantitative estimate of drug-likeness (QED) is 0.635. The summed E-state index contributed by atoms with van der Waals surface area (Å²) in [6, 6.07) is 1.28. The summed E-state index contributed by atoms with van der Waals surface area (Å²) in [4.78, 5) is 0. The highest BCUT2D eigenvalue weighted by Gasteiger charge is 2.37. The predicted molar refractivity (Wildman–Crippen MR) is 41.1 cm³/mol. The fourth-order valence-electron chi connectivity index (χ4n) is 1.16. The Morgan fingerprint density at radius 1 is 1.13 bits per heavy atom. The summed E-state index contributed by atoms with van der Waals surface area (Å²) >= 11 is 0. The zero-order valence-electron chi connectivity index (χ0n) is 7.50. The summed E-state index contributed by atoms with van der Waals surface area (Å²) in [6.45, 7) is 1.13. The van der Waals surface area contributed by atoms with E-state index in [0.29, 0.717) is 6.07 Å². The molecule has 0 nitrogen and oxygen atoms in total. The summed E-state index contributed by atoms with van der Waals surface area (Å²) in [7, 11) is 0. The minimum atomic E-state index is -4.97. The minimum absolute atomic E-state index is 0.238. The molecule has 1 aromatic rings. The molecule has 1 aromatic carbocycles. The Hall–Kier alpha value is -1.20. The molecule has 84 valence electrons. The first-order chi connectivity index (χ1) is 6.75. The molecule has 0 atom stereocenters. The molecule has 1 rings (SSSR count). The third kappa shape index (κ3) is 2.24. The number of halogens is 6. The molecule has 0 bridgehead atoms. The van der Waals surface area contributed by atoms with Crippen molar-refractivity contribution in [2.75, 3.05) is 0 Å². The molecule has 0 unspecified atom stereocenters. The van der Waals surface area contributed by atoms with Crippen molar-refractivity contribution in [3.63, 3.8) is 0 Å². The Balaban J connectivity index is 3.47. The van der Waals surface area contributed by atoms with Crippen LogP contribution in [0, 0.1) is 12.7 Å². The van der Waals surface area contributed by atoms with Crippen molar-refractivity contribution in [3.05, 3.63) is 34.6 Å². The first kappa shape index (κ1) is 11.9. The zero-order valence-corrected chi connectivity index (χ0v) is 7.50. The second-order valence-corrected chi connectivity index (χ2v) is 2.96. The molecule has 0 aliphatic heterocycles. The van der Waals surface area contributed by atoms with E-state index in [1.165, 1.54) is 0 Å². The molecule has 6 heteroatoms. The van der Waals surface area contributed by atoms with Crippen molar-refractivity contribution >= 4 is 0 Å². The van der Waals surface area contributed by atoms with E-state index < -0.39 is 29.5 Å². The van der Waals surface area contributed by atoms with Crippen LogP contribution < -0.4 is 0 Å². The number of aryl methyl sites for hydroxylation is 1. The molecule has 0 heterocycles. The van der Waals surface area contributed by atoms with Crippen LogP contribution in [0.3, 0.4) is 0 Å². The molecular formula is C9H6F6. The number of hydrogen-bond acceptors (Lipinski definition) is 0. The van der Waals surface area contributed by atoms with Crippen LogP contribution in [0.4, 0.5) is 26.3 Å². The number of benzene rings is 1. The fraction of sp³-hybridized carbons (Fsp3) is 0.333. The van der Waals surface area contributed by atoms with Crippen molar-refractivity contribution in [2.45, 2.75) is 19.5 Å². The van der Waals surface area contributed by atoms with Crippen LogP contribution >= 0.6 is 0 Å². The van der Waals surface area contributed by atoms with Gasteiger partial charge in [-0.3, -0.25) is 0 Å². The molecule has 0 saturated heterocycles. The van der Waals surface area contributed by atoms with Crippen molar-refractivity contribution in [1.29, 1.82) is 0 Å². The van der Waals surface area contributed by atoms with E-state index >= 15 is 0 Å². The standard InChI is InChI=1S/C9H6F6/c1-4-2-3-5(9(13,14)15)6(7(4)10)8(11)12/h2-3,8H,1H3. The Kier molecular flexibility index (Phi) is 2.97. The molecule has 0 amide bonds. The second-order valence-electron chi connectivity index (χ2n) is 2.96. The normalized spacial score (nSPS) is 12.3. The van der Waals surface area contributed by atoms with Gasteiger partial charge in [0.25, 0.3) is 6.43 Å². The molecule has 0 aliphatic rings. The van der Waals surface area contributed by atoms with E-state index in [1.54, 1.807) is 0 Å². The maximum Gasteiger partial charge on any atom is 0.416 e. The Morgan fingerprint density at radius 2 is 1.67 bits per heavy atom. The van der Waals surface area contributed by atoms with Crippen LogP contribution in [-0.2, 0) is 6.18 Å². The lowest BCUT2D eigenvalue weighted by atomic mass is 10.0. The molecule has 0 aromatic heterocycles. The summed E-state index contributed by atoms with van der Waals surface area (Å²) in [5, 5.41) is 0. The molecule has 0 saturated carbocycles. The highest BCUT2D eigenvalue weighted by atomic mass is 19.4. The van der Waals surface area contributed by atoms with E-state index in [4.69, 9.17) is 0 Å². The van der Waals surface area contributed by atoms with Crippen molar-refractivity contribution < 1.29 is 26.3 Å². The van der Waals surface area contributed by atoms with Gasteiger partial charge in [0, 0.05) is 0 Å². The van der Waals surface area contributed by atoms with Crippen LogP contribution in [0.5, 0.6) is 0 Å². The average Bonchev–Trinajstić information content (AvgIpc) is 2.06. The van der Waals surface area contributed by atoms with Gasteiger partial charge < -0.3 is 0 Å². The maximum atomic E-state index is 13.1. The highest BCUT2D eigenvalue weighted by Crippen LogP contribution is 2.38. The number of hydrogen-bond donors (Lipinski definition) is 0. The van der Waals surface area contributed by atoms with Gasteiger partial charge in [-0.1, -0.05) is 6.07 Å². The SMILES string of the molecule is Cc1ccc(C(F)(F)F)c(C(F)F)c1F. The van der Waals surface area contributed by atoms with E-state index in [2.05, 4.69) is 0 Å². The van der Waals surface area contributed by atoms with Gasteiger partial charge in [-0.25, -0.2) is 13.2 Å². The van der Waals surface area contributed by atoms with E-state index in [0.717, 1.165) is 13.0 Å². The number of rotatable bonds is 1. The van der Waals surface area contributed by atoms with Crippen molar-refractivity contribution in [2.24, 2.45) is 0 Å². The molecule has 0 N–H and O–H groups in total. The fourth-order valence-corrected chi connectivity index (χ4v) is 1.16. The topological polar surface area (TPSA) is 0 Å². The Bertz CT molecular complexity index is 366. The van der Waals surface area contributed by atoms with Gasteiger partial charge in [-0.2, -0.15) is 13.2 Å². The van der Waals surface area contributed by atoms with Crippen molar-refractivity contribution in [3.8, 4) is 0 Å². The lowest BCUT2D eigenvalue weighted by Crippen LogP contribution is -2.12. The lowest BCUT2D eigenvalue weighted by molar-refractivity contribution is -0.139. The highest BCUT2D eigenvalue weighted by molar-refractivity contribution is 5.36. The number of alkyl halides is 5. The first-order valence-corrected chi connectivity index (χ1v) is 3.89. The van der Waals surface area contributed by atoms with Crippen LogP contribution in [0.1, 0.15) is 23.1 Å². The molecule has 0 spiro atoms. The average molecular weight is 228 g/mol. The second kappa shape index (κ2) is 3.75. The van der Waals surface area contributed by atoms with Gasteiger partial charge in [-0.15, -0.1) is 0 Å². The molecule has 0 fully saturated rings. The summed E-state index contributed by atoms with van der Waals surface area (Å²) < 4.78 is 74.2. The first-order valence-electron chi connectivity index (χ1n) is 3.89. The lowest BCUT2D eigenvalue weighted by Gasteiger charge is -2.14. The van der Waals surface area contributed by atoms with Gasteiger partial charge in [0.15, 0.2) is 0 Å². The zero-order chi connectivity index (χ0) is 11.8. The maximum absolute atomic E-state index is 13.1. The summed E-state index contributed by atoms with van der Waals surface area (Å²) in [5.74, 6) is -1.50. The van der Waals surface area contributed by atoms with Crippen LogP contribution in [0.2, 0.25) is 0 Å². The Morgan fingerprint density at radius 3 is 2.07 bits per heavy atom. The van der Waals surface area contributed by atoms with E-state index in [1.807, 2.05) is 0 Å².